The molecule has 2 heterocycles. The van der Waals surface area contributed by atoms with E-state index in [0.29, 0.717) is 40.1 Å². The topological polar surface area (TPSA) is 86.0 Å². The number of carbonyl (C=O) groups excluding carboxylic acids is 2. The van der Waals surface area contributed by atoms with E-state index >= 15 is 0 Å². The summed E-state index contributed by atoms with van der Waals surface area (Å²) in [6.45, 7) is 4.36. The number of benzene rings is 3. The molecule has 0 fully saturated rings. The smallest absolute Gasteiger partial charge is 0.338 e. The molecule has 0 radical (unpaired) electrons. The van der Waals surface area contributed by atoms with Crippen LogP contribution in [0.5, 0.6) is 5.75 Å². The Morgan fingerprint density at radius 2 is 1.78 bits per heavy atom. The minimum Gasteiger partial charge on any atom is -0.494 e. The third-order valence-electron chi connectivity index (χ3n) is 5.97. The number of hydrogen-bond donors (Lipinski definition) is 0. The van der Waals surface area contributed by atoms with Crippen LogP contribution in [0.4, 0.5) is 5.69 Å². The molecule has 3 aromatic carbocycles. The predicted octanol–water partition coefficient (Wildman–Crippen LogP) is 5.88. The fourth-order valence-corrected chi connectivity index (χ4v) is 4.80. The molecular formula is C28H22BrNO6. The first-order valence-electron chi connectivity index (χ1n) is 11.5. The minimum atomic E-state index is -0.749. The number of halogens is 1. The Bertz CT molecular complexity index is 1540. The van der Waals surface area contributed by atoms with Crippen LogP contribution in [0.15, 0.2) is 80.4 Å². The molecule has 1 aliphatic heterocycles. The highest BCUT2D eigenvalue weighted by molar-refractivity contribution is 9.10. The van der Waals surface area contributed by atoms with Crippen molar-refractivity contribution in [3.63, 3.8) is 0 Å². The second-order valence-corrected chi connectivity index (χ2v) is 9.08. The number of nitrogens with zero attached hydrogens (tertiary/aromatic N) is 1. The van der Waals surface area contributed by atoms with Gasteiger partial charge in [-0.3, -0.25) is 14.5 Å². The van der Waals surface area contributed by atoms with Crippen LogP contribution in [0.2, 0.25) is 0 Å². The number of amides is 1. The number of ether oxygens (including phenoxy) is 2. The molecule has 1 aliphatic rings. The number of fused-ring (bicyclic) bond motifs is 2. The van der Waals surface area contributed by atoms with Crippen molar-refractivity contribution in [2.24, 2.45) is 0 Å². The molecule has 8 heteroatoms. The molecule has 0 N–H and O–H groups in total. The Morgan fingerprint density at radius 3 is 2.50 bits per heavy atom. The van der Waals surface area contributed by atoms with Gasteiger partial charge in [-0.15, -0.1) is 0 Å². The summed E-state index contributed by atoms with van der Waals surface area (Å²) in [6.07, 6.45) is 0. The van der Waals surface area contributed by atoms with E-state index in [0.717, 1.165) is 4.47 Å². The van der Waals surface area contributed by atoms with E-state index in [4.69, 9.17) is 13.9 Å². The summed E-state index contributed by atoms with van der Waals surface area (Å²) < 4.78 is 17.5. The van der Waals surface area contributed by atoms with Crippen molar-refractivity contribution in [1.29, 1.82) is 0 Å². The van der Waals surface area contributed by atoms with E-state index in [1.54, 1.807) is 49.4 Å². The van der Waals surface area contributed by atoms with Crippen molar-refractivity contribution in [2.45, 2.75) is 19.9 Å². The summed E-state index contributed by atoms with van der Waals surface area (Å²) in [5.41, 5.74) is 1.88. The Balaban J connectivity index is 1.71. The van der Waals surface area contributed by atoms with E-state index in [2.05, 4.69) is 15.9 Å². The number of hydrogen-bond acceptors (Lipinski definition) is 6. The molecule has 0 saturated heterocycles. The summed E-state index contributed by atoms with van der Waals surface area (Å²) in [5.74, 6) is -0.269. The van der Waals surface area contributed by atoms with Gasteiger partial charge in [0.05, 0.1) is 35.8 Å². The summed E-state index contributed by atoms with van der Waals surface area (Å²) in [7, 11) is 0. The Morgan fingerprint density at radius 1 is 1.00 bits per heavy atom. The number of anilines is 1. The first-order chi connectivity index (χ1) is 17.4. The molecule has 7 nitrogen and oxygen atoms in total. The van der Waals surface area contributed by atoms with Crippen molar-refractivity contribution < 1.29 is 23.5 Å². The summed E-state index contributed by atoms with van der Waals surface area (Å²) in [5, 5.41) is 0.376. The van der Waals surface area contributed by atoms with Gasteiger partial charge in [0, 0.05) is 10.2 Å². The van der Waals surface area contributed by atoms with Crippen LogP contribution in [0.3, 0.4) is 0 Å². The van der Waals surface area contributed by atoms with Gasteiger partial charge in [-0.1, -0.05) is 28.1 Å². The van der Waals surface area contributed by atoms with Gasteiger partial charge in [-0.05, 0) is 74.0 Å². The van der Waals surface area contributed by atoms with Crippen LogP contribution in [-0.4, -0.2) is 25.1 Å². The quantitative estimate of drug-likeness (QED) is 0.280. The lowest BCUT2D eigenvalue weighted by atomic mass is 9.98. The van der Waals surface area contributed by atoms with Crippen LogP contribution < -0.4 is 15.1 Å². The zero-order chi connectivity index (χ0) is 25.4. The van der Waals surface area contributed by atoms with Crippen LogP contribution in [0.25, 0.3) is 11.0 Å². The van der Waals surface area contributed by atoms with Gasteiger partial charge in [0.25, 0.3) is 5.91 Å². The van der Waals surface area contributed by atoms with Crippen LogP contribution in [0.1, 0.15) is 51.9 Å². The van der Waals surface area contributed by atoms with Crippen LogP contribution in [-0.2, 0) is 4.74 Å². The van der Waals surface area contributed by atoms with Gasteiger partial charge >= 0.3 is 5.97 Å². The molecule has 4 aromatic rings. The zero-order valence-corrected chi connectivity index (χ0v) is 21.2. The maximum absolute atomic E-state index is 13.8. The molecule has 1 unspecified atom stereocenters. The lowest BCUT2D eigenvalue weighted by molar-refractivity contribution is 0.0526. The number of esters is 1. The lowest BCUT2D eigenvalue weighted by Gasteiger charge is -2.25. The van der Waals surface area contributed by atoms with Crippen molar-refractivity contribution in [1.82, 2.24) is 0 Å². The highest BCUT2D eigenvalue weighted by atomic mass is 79.9. The molecule has 0 spiro atoms. The van der Waals surface area contributed by atoms with E-state index in [1.165, 1.54) is 4.90 Å². The number of rotatable bonds is 6. The van der Waals surface area contributed by atoms with Gasteiger partial charge in [0.1, 0.15) is 11.3 Å². The monoisotopic (exact) mass is 547 g/mol. The van der Waals surface area contributed by atoms with Crippen molar-refractivity contribution in [3.8, 4) is 5.75 Å². The van der Waals surface area contributed by atoms with Crippen molar-refractivity contribution >= 4 is 44.5 Å². The first kappa shape index (κ1) is 23.8. The molecule has 1 amide bonds. The predicted molar refractivity (Wildman–Crippen MR) is 139 cm³/mol. The highest BCUT2D eigenvalue weighted by Crippen LogP contribution is 2.42. The van der Waals surface area contributed by atoms with Crippen molar-refractivity contribution in [3.05, 3.63) is 104 Å². The van der Waals surface area contributed by atoms with Crippen molar-refractivity contribution in [2.75, 3.05) is 18.1 Å². The molecule has 0 aliphatic carbocycles. The zero-order valence-electron chi connectivity index (χ0n) is 19.6. The second-order valence-electron chi connectivity index (χ2n) is 8.17. The maximum atomic E-state index is 13.8. The molecular weight excluding hydrogens is 526 g/mol. The second kappa shape index (κ2) is 9.62. The minimum absolute atomic E-state index is 0.00361. The Kier molecular flexibility index (Phi) is 6.36. The molecule has 5 rings (SSSR count). The molecule has 0 saturated carbocycles. The largest absolute Gasteiger partial charge is 0.494 e. The fraction of sp³-hybridized carbons (Fsp3) is 0.179. The summed E-state index contributed by atoms with van der Waals surface area (Å²) in [6, 6.07) is 18.2. The first-order valence-corrected chi connectivity index (χ1v) is 12.3. The number of carbonyl (C=O) groups is 2. The van der Waals surface area contributed by atoms with E-state index in [9.17, 15) is 14.4 Å². The third-order valence-corrected chi connectivity index (χ3v) is 6.47. The Hall–Kier alpha value is -3.91. The third kappa shape index (κ3) is 4.07. The van der Waals surface area contributed by atoms with Gasteiger partial charge in [0.15, 0.2) is 5.43 Å². The summed E-state index contributed by atoms with van der Waals surface area (Å²) in [4.78, 5) is 41.1. The standard InChI is InChI=1S/C28H22BrNO6/c1-3-34-20-7-5-6-17(14-20)24-23-25(31)21-15-18(29)10-13-22(21)36-26(23)27(32)30(24)19-11-8-16(9-12-19)28(33)35-4-2/h5-15,24H,3-4H2,1-2H3. The van der Waals surface area contributed by atoms with Gasteiger partial charge in [-0.2, -0.15) is 0 Å². The van der Waals surface area contributed by atoms with Crippen LogP contribution >= 0.6 is 15.9 Å². The average Bonchev–Trinajstić information content (AvgIpc) is 3.17. The maximum Gasteiger partial charge on any atom is 0.338 e. The van der Waals surface area contributed by atoms with Gasteiger partial charge in [0.2, 0.25) is 5.76 Å². The summed E-state index contributed by atoms with van der Waals surface area (Å²) >= 11 is 3.41. The van der Waals surface area contributed by atoms with Crippen LogP contribution in [0, 0.1) is 0 Å². The normalized spacial score (nSPS) is 14.7. The lowest BCUT2D eigenvalue weighted by Crippen LogP contribution is -2.29. The Labute approximate surface area is 215 Å². The fourth-order valence-electron chi connectivity index (χ4n) is 4.44. The molecule has 1 aromatic heterocycles. The average molecular weight is 548 g/mol. The molecule has 36 heavy (non-hydrogen) atoms. The SMILES string of the molecule is CCOC(=O)c1ccc(N2C(=O)c3oc4ccc(Br)cc4c(=O)c3C2c2cccc(OCC)c2)cc1. The van der Waals surface area contributed by atoms with E-state index in [1.807, 2.05) is 31.2 Å². The molecule has 182 valence electrons. The van der Waals surface area contributed by atoms with E-state index in [-0.39, 0.29) is 23.4 Å². The van der Waals surface area contributed by atoms with Gasteiger partial charge in [-0.25, -0.2) is 4.79 Å². The van der Waals surface area contributed by atoms with Gasteiger partial charge < -0.3 is 13.9 Å². The molecule has 0 bridgehead atoms. The molecule has 1 atom stereocenters. The van der Waals surface area contributed by atoms with E-state index < -0.39 is 17.9 Å². The highest BCUT2D eigenvalue weighted by Gasteiger charge is 2.43.